The van der Waals surface area contributed by atoms with Gasteiger partial charge in [-0.2, -0.15) is 18.2 Å². The first kappa shape index (κ1) is 19.4. The van der Waals surface area contributed by atoms with Crippen LogP contribution in [-0.4, -0.2) is 42.1 Å². The first-order valence-corrected chi connectivity index (χ1v) is 8.95. The van der Waals surface area contributed by atoms with Gasteiger partial charge in [-0.15, -0.1) is 0 Å². The van der Waals surface area contributed by atoms with Crippen LogP contribution in [0.2, 0.25) is 0 Å². The highest BCUT2D eigenvalue weighted by atomic mass is 19.4. The van der Waals surface area contributed by atoms with E-state index in [2.05, 4.69) is 20.6 Å². The summed E-state index contributed by atoms with van der Waals surface area (Å²) >= 11 is 0. The molecule has 2 aromatic rings. The molecular weight excluding hydrogens is 355 g/mol. The third-order valence-electron chi connectivity index (χ3n) is 4.41. The standard InChI is InChI=1S/C19H24F3N5/c1-12-4-7-14(19(20,21)22)10-15(12)24-17-11-16(13-5-6-13)25-18(26-17)23-8-9-27(2)3/h4,7,10-11,13H,5-6,8-9H2,1-3H3,(H2,23,24,25,26). The lowest BCUT2D eigenvalue weighted by molar-refractivity contribution is -0.137. The van der Waals surface area contributed by atoms with E-state index in [1.165, 1.54) is 6.07 Å². The van der Waals surface area contributed by atoms with Gasteiger partial charge in [-0.25, -0.2) is 4.98 Å². The summed E-state index contributed by atoms with van der Waals surface area (Å²) in [6.07, 6.45) is -2.22. The molecule has 0 saturated heterocycles. The van der Waals surface area contributed by atoms with Crippen LogP contribution in [0.5, 0.6) is 0 Å². The van der Waals surface area contributed by atoms with Crippen LogP contribution in [0, 0.1) is 6.92 Å². The number of hydrogen-bond donors (Lipinski definition) is 2. The van der Waals surface area contributed by atoms with E-state index in [9.17, 15) is 13.2 Å². The van der Waals surface area contributed by atoms with Gasteiger partial charge in [0.05, 0.1) is 11.3 Å². The van der Waals surface area contributed by atoms with E-state index in [1.807, 2.05) is 25.1 Å². The highest BCUT2D eigenvalue weighted by molar-refractivity contribution is 5.63. The highest BCUT2D eigenvalue weighted by Gasteiger charge is 2.31. The lowest BCUT2D eigenvalue weighted by Gasteiger charge is -2.15. The average molecular weight is 379 g/mol. The summed E-state index contributed by atoms with van der Waals surface area (Å²) in [7, 11) is 3.96. The molecule has 0 unspecified atom stereocenters. The Morgan fingerprint density at radius 3 is 2.52 bits per heavy atom. The summed E-state index contributed by atoms with van der Waals surface area (Å²) in [5.41, 5.74) is 1.35. The SMILES string of the molecule is Cc1ccc(C(F)(F)F)cc1Nc1cc(C2CC2)nc(NCCN(C)C)n1. The Morgan fingerprint density at radius 2 is 1.89 bits per heavy atom. The first-order chi connectivity index (χ1) is 12.7. The van der Waals surface area contributed by atoms with Gasteiger partial charge in [0.15, 0.2) is 0 Å². The van der Waals surface area contributed by atoms with Crippen molar-refractivity contribution in [1.29, 1.82) is 0 Å². The Labute approximate surface area is 157 Å². The second-order valence-corrected chi connectivity index (χ2v) is 7.16. The van der Waals surface area contributed by atoms with Crippen LogP contribution in [0.3, 0.4) is 0 Å². The number of hydrogen-bond acceptors (Lipinski definition) is 5. The van der Waals surface area contributed by atoms with Crippen molar-refractivity contribution < 1.29 is 13.2 Å². The second kappa shape index (κ2) is 7.72. The number of aryl methyl sites for hydroxylation is 1. The smallest absolute Gasteiger partial charge is 0.353 e. The number of aromatic nitrogens is 2. The maximum atomic E-state index is 13.0. The van der Waals surface area contributed by atoms with Crippen LogP contribution in [0.25, 0.3) is 0 Å². The van der Waals surface area contributed by atoms with Gasteiger partial charge in [0.1, 0.15) is 5.82 Å². The normalized spacial score (nSPS) is 14.5. The fraction of sp³-hybridized carbons (Fsp3) is 0.474. The van der Waals surface area contributed by atoms with Crippen LogP contribution < -0.4 is 10.6 Å². The van der Waals surface area contributed by atoms with Crippen LogP contribution in [-0.2, 0) is 6.18 Å². The molecule has 1 aliphatic rings. The number of nitrogens with zero attached hydrogens (tertiary/aromatic N) is 3. The molecule has 1 saturated carbocycles. The van der Waals surface area contributed by atoms with Gasteiger partial charge in [-0.05, 0) is 51.6 Å². The number of anilines is 3. The maximum Gasteiger partial charge on any atom is 0.416 e. The summed E-state index contributed by atoms with van der Waals surface area (Å²) in [4.78, 5) is 11.0. The van der Waals surface area contributed by atoms with Crippen LogP contribution in [0.1, 0.15) is 35.6 Å². The predicted molar refractivity (Wildman–Crippen MR) is 101 cm³/mol. The molecule has 1 heterocycles. The van der Waals surface area contributed by atoms with Gasteiger partial charge in [0, 0.05) is 30.8 Å². The Balaban J connectivity index is 1.84. The molecule has 3 rings (SSSR count). The summed E-state index contributed by atoms with van der Waals surface area (Å²) in [6.45, 7) is 3.28. The van der Waals surface area contributed by atoms with Gasteiger partial charge in [-0.1, -0.05) is 6.07 Å². The molecule has 146 valence electrons. The third kappa shape index (κ3) is 5.32. The van der Waals surface area contributed by atoms with Gasteiger partial charge < -0.3 is 15.5 Å². The zero-order valence-electron chi connectivity index (χ0n) is 15.7. The van der Waals surface area contributed by atoms with Gasteiger partial charge >= 0.3 is 6.18 Å². The number of alkyl halides is 3. The maximum absolute atomic E-state index is 13.0. The topological polar surface area (TPSA) is 53.1 Å². The average Bonchev–Trinajstić information content (AvgIpc) is 3.40. The molecule has 8 heteroatoms. The molecule has 2 N–H and O–H groups in total. The van der Waals surface area contributed by atoms with E-state index in [4.69, 9.17) is 0 Å². The number of nitrogens with one attached hydrogen (secondary N) is 2. The quantitative estimate of drug-likeness (QED) is 0.747. The summed E-state index contributed by atoms with van der Waals surface area (Å²) in [6, 6.07) is 5.50. The minimum Gasteiger partial charge on any atom is -0.353 e. The van der Waals surface area contributed by atoms with Crippen molar-refractivity contribution in [2.24, 2.45) is 0 Å². The van der Waals surface area contributed by atoms with Crippen molar-refractivity contribution in [3.8, 4) is 0 Å². The molecule has 27 heavy (non-hydrogen) atoms. The molecule has 0 amide bonds. The minimum atomic E-state index is -4.38. The van der Waals surface area contributed by atoms with E-state index < -0.39 is 11.7 Å². The van der Waals surface area contributed by atoms with Crippen molar-refractivity contribution in [2.75, 3.05) is 37.8 Å². The zero-order chi connectivity index (χ0) is 19.6. The van der Waals surface area contributed by atoms with Crippen molar-refractivity contribution >= 4 is 17.5 Å². The third-order valence-corrected chi connectivity index (χ3v) is 4.41. The molecule has 5 nitrogen and oxygen atoms in total. The van der Waals surface area contributed by atoms with E-state index in [-0.39, 0.29) is 0 Å². The van der Waals surface area contributed by atoms with Crippen molar-refractivity contribution in [2.45, 2.75) is 31.9 Å². The zero-order valence-corrected chi connectivity index (χ0v) is 15.7. The second-order valence-electron chi connectivity index (χ2n) is 7.16. The van der Waals surface area contributed by atoms with E-state index in [0.29, 0.717) is 29.9 Å². The van der Waals surface area contributed by atoms with Gasteiger partial charge in [-0.3, -0.25) is 0 Å². The molecule has 0 radical (unpaired) electrons. The Morgan fingerprint density at radius 1 is 1.15 bits per heavy atom. The summed E-state index contributed by atoms with van der Waals surface area (Å²) < 4.78 is 39.1. The summed E-state index contributed by atoms with van der Waals surface area (Å²) in [5.74, 6) is 1.40. The molecule has 1 aliphatic carbocycles. The Bertz CT molecular complexity index is 800. The molecule has 1 aromatic heterocycles. The van der Waals surface area contributed by atoms with Gasteiger partial charge in [0.25, 0.3) is 0 Å². The molecule has 1 fully saturated rings. The number of benzene rings is 1. The van der Waals surface area contributed by atoms with Crippen LogP contribution in [0.4, 0.5) is 30.6 Å². The predicted octanol–water partition coefficient (Wildman–Crippen LogP) is 4.40. The van der Waals surface area contributed by atoms with Crippen molar-refractivity contribution in [3.63, 3.8) is 0 Å². The fourth-order valence-electron chi connectivity index (χ4n) is 2.66. The molecule has 0 atom stereocenters. The fourth-order valence-corrected chi connectivity index (χ4v) is 2.66. The number of likely N-dealkylation sites (N-methyl/N-ethyl adjacent to an activating group) is 1. The van der Waals surface area contributed by atoms with Crippen molar-refractivity contribution in [1.82, 2.24) is 14.9 Å². The molecule has 0 spiro atoms. The number of halogens is 3. The first-order valence-electron chi connectivity index (χ1n) is 8.95. The van der Waals surface area contributed by atoms with Crippen LogP contribution >= 0.6 is 0 Å². The van der Waals surface area contributed by atoms with E-state index in [1.54, 1.807) is 6.92 Å². The lowest BCUT2D eigenvalue weighted by atomic mass is 10.1. The van der Waals surface area contributed by atoms with Crippen LogP contribution in [0.15, 0.2) is 24.3 Å². The Kier molecular flexibility index (Phi) is 5.55. The molecule has 0 aliphatic heterocycles. The van der Waals surface area contributed by atoms with E-state index >= 15 is 0 Å². The molecule has 1 aromatic carbocycles. The summed E-state index contributed by atoms with van der Waals surface area (Å²) in [5, 5.41) is 6.24. The molecular formula is C19H24F3N5. The lowest BCUT2D eigenvalue weighted by Crippen LogP contribution is -2.21. The van der Waals surface area contributed by atoms with E-state index in [0.717, 1.165) is 42.8 Å². The minimum absolute atomic E-state index is 0.393. The molecule has 0 bridgehead atoms. The largest absolute Gasteiger partial charge is 0.416 e. The highest BCUT2D eigenvalue weighted by Crippen LogP contribution is 2.40. The Hall–Kier alpha value is -2.35. The monoisotopic (exact) mass is 379 g/mol. The number of rotatable bonds is 7. The van der Waals surface area contributed by atoms with Gasteiger partial charge in [0.2, 0.25) is 5.95 Å². The van der Waals surface area contributed by atoms with Crippen molar-refractivity contribution in [3.05, 3.63) is 41.1 Å².